The molecule has 3 rings (SSSR count). The van der Waals surface area contributed by atoms with Crippen LogP contribution in [0.5, 0.6) is 17.4 Å². The van der Waals surface area contributed by atoms with E-state index < -0.39 is 0 Å². The topological polar surface area (TPSA) is 72.5 Å². The molecule has 2 aromatic rings. The van der Waals surface area contributed by atoms with Crippen LogP contribution >= 0.6 is 0 Å². The third-order valence-corrected chi connectivity index (χ3v) is 3.98. The lowest BCUT2D eigenvalue weighted by Crippen LogP contribution is -2.31. The molecule has 1 atom stereocenters. The van der Waals surface area contributed by atoms with Gasteiger partial charge in [-0.3, -0.25) is 4.79 Å². The van der Waals surface area contributed by atoms with Crippen LogP contribution in [0.15, 0.2) is 42.6 Å². The summed E-state index contributed by atoms with van der Waals surface area (Å²) in [6.07, 6.45) is 2.57. The Hall–Kier alpha value is -2.60. The quantitative estimate of drug-likeness (QED) is 0.850. The number of methoxy groups -OCH3 is 1. The van der Waals surface area contributed by atoms with Crippen LogP contribution in [0.2, 0.25) is 0 Å². The summed E-state index contributed by atoms with van der Waals surface area (Å²) in [5.74, 6) is 2.11. The highest BCUT2D eigenvalue weighted by Gasteiger charge is 2.21. The summed E-state index contributed by atoms with van der Waals surface area (Å²) >= 11 is 0. The SMILES string of the molecule is COc1ccc(Oc2cc(CNC(=O)C3CCNC3)ccn2)cc1. The molecule has 0 spiro atoms. The molecule has 2 N–H and O–H groups in total. The minimum Gasteiger partial charge on any atom is -0.497 e. The average Bonchev–Trinajstić information content (AvgIpc) is 3.15. The number of hydrogen-bond donors (Lipinski definition) is 2. The van der Waals surface area contributed by atoms with Crippen LogP contribution < -0.4 is 20.1 Å². The van der Waals surface area contributed by atoms with Gasteiger partial charge in [0.2, 0.25) is 11.8 Å². The number of benzene rings is 1. The lowest BCUT2D eigenvalue weighted by molar-refractivity contribution is -0.124. The smallest absolute Gasteiger partial charge is 0.224 e. The van der Waals surface area contributed by atoms with Crippen molar-refractivity contribution in [3.05, 3.63) is 48.2 Å². The second-order valence-corrected chi connectivity index (χ2v) is 5.69. The molecule has 24 heavy (non-hydrogen) atoms. The van der Waals surface area contributed by atoms with Gasteiger partial charge in [0.25, 0.3) is 0 Å². The molecule has 1 saturated heterocycles. The number of nitrogens with zero attached hydrogens (tertiary/aromatic N) is 1. The molecule has 6 heteroatoms. The van der Waals surface area contributed by atoms with Gasteiger partial charge in [-0.05, 0) is 48.9 Å². The summed E-state index contributed by atoms with van der Waals surface area (Å²) in [7, 11) is 1.62. The largest absolute Gasteiger partial charge is 0.497 e. The molecule has 0 radical (unpaired) electrons. The van der Waals surface area contributed by atoms with Gasteiger partial charge in [-0.25, -0.2) is 4.98 Å². The van der Waals surface area contributed by atoms with Gasteiger partial charge in [0.05, 0.1) is 13.0 Å². The molecule has 0 saturated carbocycles. The molecular weight excluding hydrogens is 306 g/mol. The number of hydrogen-bond acceptors (Lipinski definition) is 5. The van der Waals surface area contributed by atoms with Crippen molar-refractivity contribution in [2.45, 2.75) is 13.0 Å². The fourth-order valence-electron chi connectivity index (χ4n) is 2.59. The second kappa shape index (κ2) is 7.79. The van der Waals surface area contributed by atoms with Crippen LogP contribution in [0, 0.1) is 5.92 Å². The monoisotopic (exact) mass is 327 g/mol. The highest BCUT2D eigenvalue weighted by molar-refractivity contribution is 5.79. The van der Waals surface area contributed by atoms with Crippen LogP contribution in [0.4, 0.5) is 0 Å². The van der Waals surface area contributed by atoms with Gasteiger partial charge in [-0.1, -0.05) is 0 Å². The molecule has 1 amide bonds. The van der Waals surface area contributed by atoms with E-state index in [0.717, 1.165) is 30.8 Å². The van der Waals surface area contributed by atoms with Crippen molar-refractivity contribution in [3.8, 4) is 17.4 Å². The normalized spacial score (nSPS) is 16.6. The number of rotatable bonds is 6. The van der Waals surface area contributed by atoms with Crippen LogP contribution in [0.3, 0.4) is 0 Å². The van der Waals surface area contributed by atoms with Crippen LogP contribution in [-0.2, 0) is 11.3 Å². The lowest BCUT2D eigenvalue weighted by atomic mass is 10.1. The fraction of sp³-hybridized carbons (Fsp3) is 0.333. The standard InChI is InChI=1S/C18H21N3O3/c1-23-15-2-4-16(5-3-15)24-17-10-13(6-9-20-17)11-21-18(22)14-7-8-19-12-14/h2-6,9-10,14,19H,7-8,11-12H2,1H3,(H,21,22). The van der Waals surface area contributed by atoms with Crippen molar-refractivity contribution in [1.82, 2.24) is 15.6 Å². The summed E-state index contributed by atoms with van der Waals surface area (Å²) in [4.78, 5) is 16.3. The third kappa shape index (κ3) is 4.23. The number of pyridine rings is 1. The molecule has 1 aromatic heterocycles. The number of nitrogens with one attached hydrogen (secondary N) is 2. The Morgan fingerprint density at radius 3 is 2.79 bits per heavy atom. The van der Waals surface area contributed by atoms with Crippen LogP contribution in [-0.4, -0.2) is 31.1 Å². The zero-order chi connectivity index (χ0) is 16.8. The first-order valence-corrected chi connectivity index (χ1v) is 8.00. The third-order valence-electron chi connectivity index (χ3n) is 3.98. The number of aromatic nitrogens is 1. The summed E-state index contributed by atoms with van der Waals surface area (Å²) < 4.78 is 10.9. The van der Waals surface area contributed by atoms with E-state index in [4.69, 9.17) is 9.47 Å². The Kier molecular flexibility index (Phi) is 5.28. The average molecular weight is 327 g/mol. The summed E-state index contributed by atoms with van der Waals surface area (Å²) in [6, 6.07) is 11.0. The van der Waals surface area contributed by atoms with Crippen molar-refractivity contribution in [2.75, 3.05) is 20.2 Å². The summed E-state index contributed by atoms with van der Waals surface area (Å²) in [5, 5.41) is 6.16. The number of amides is 1. The molecule has 0 aliphatic carbocycles. The minimum absolute atomic E-state index is 0.0712. The molecule has 0 bridgehead atoms. The Balaban J connectivity index is 1.57. The van der Waals surface area contributed by atoms with E-state index in [2.05, 4.69) is 15.6 Å². The van der Waals surface area contributed by atoms with E-state index in [1.165, 1.54) is 0 Å². The first kappa shape index (κ1) is 16.3. The van der Waals surface area contributed by atoms with Crippen molar-refractivity contribution in [3.63, 3.8) is 0 Å². The van der Waals surface area contributed by atoms with Crippen molar-refractivity contribution in [1.29, 1.82) is 0 Å². The Bertz CT molecular complexity index is 682. The van der Waals surface area contributed by atoms with Gasteiger partial charge in [0.1, 0.15) is 11.5 Å². The van der Waals surface area contributed by atoms with Crippen molar-refractivity contribution in [2.24, 2.45) is 5.92 Å². The molecule has 1 fully saturated rings. The fourth-order valence-corrected chi connectivity index (χ4v) is 2.59. The van der Waals surface area contributed by atoms with Gasteiger partial charge >= 0.3 is 0 Å². The number of carbonyl (C=O) groups is 1. The molecule has 2 heterocycles. The van der Waals surface area contributed by atoms with E-state index in [1.54, 1.807) is 13.3 Å². The van der Waals surface area contributed by atoms with Crippen molar-refractivity contribution >= 4 is 5.91 Å². The highest BCUT2D eigenvalue weighted by atomic mass is 16.5. The maximum Gasteiger partial charge on any atom is 0.224 e. The molecule has 1 unspecified atom stereocenters. The Morgan fingerprint density at radius 1 is 1.29 bits per heavy atom. The molecule has 1 aliphatic heterocycles. The van der Waals surface area contributed by atoms with Gasteiger partial charge in [-0.15, -0.1) is 0 Å². The van der Waals surface area contributed by atoms with Gasteiger partial charge < -0.3 is 20.1 Å². The lowest BCUT2D eigenvalue weighted by Gasteiger charge is -2.11. The molecule has 126 valence electrons. The van der Waals surface area contributed by atoms with Gasteiger partial charge in [0.15, 0.2) is 0 Å². The first-order valence-electron chi connectivity index (χ1n) is 8.00. The van der Waals surface area contributed by atoms with Gasteiger partial charge in [-0.2, -0.15) is 0 Å². The first-order chi connectivity index (χ1) is 11.7. The second-order valence-electron chi connectivity index (χ2n) is 5.69. The summed E-state index contributed by atoms with van der Waals surface area (Å²) in [6.45, 7) is 2.14. The van der Waals surface area contributed by atoms with Gasteiger partial charge in [0, 0.05) is 25.4 Å². The van der Waals surface area contributed by atoms with E-state index >= 15 is 0 Å². The van der Waals surface area contributed by atoms with E-state index in [-0.39, 0.29) is 11.8 Å². The van der Waals surface area contributed by atoms with E-state index in [0.29, 0.717) is 18.2 Å². The maximum absolute atomic E-state index is 12.0. The Morgan fingerprint density at radius 2 is 2.08 bits per heavy atom. The maximum atomic E-state index is 12.0. The van der Waals surface area contributed by atoms with E-state index in [9.17, 15) is 4.79 Å². The summed E-state index contributed by atoms with van der Waals surface area (Å²) in [5.41, 5.74) is 0.952. The number of ether oxygens (including phenoxy) is 2. The minimum atomic E-state index is 0.0712. The van der Waals surface area contributed by atoms with E-state index in [1.807, 2.05) is 36.4 Å². The molecule has 1 aliphatic rings. The van der Waals surface area contributed by atoms with Crippen LogP contribution in [0.25, 0.3) is 0 Å². The number of carbonyl (C=O) groups excluding carboxylic acids is 1. The molecule has 6 nitrogen and oxygen atoms in total. The molecular formula is C18H21N3O3. The Labute approximate surface area is 141 Å². The zero-order valence-corrected chi connectivity index (χ0v) is 13.6. The zero-order valence-electron chi connectivity index (χ0n) is 13.6. The predicted octanol–water partition coefficient (Wildman–Crippen LogP) is 2.11. The molecule has 1 aromatic carbocycles. The van der Waals surface area contributed by atoms with Crippen molar-refractivity contribution < 1.29 is 14.3 Å². The highest BCUT2D eigenvalue weighted by Crippen LogP contribution is 2.22. The van der Waals surface area contributed by atoms with Crippen LogP contribution in [0.1, 0.15) is 12.0 Å². The predicted molar refractivity (Wildman–Crippen MR) is 90.1 cm³/mol.